The van der Waals surface area contributed by atoms with Crippen LogP contribution in [-0.4, -0.2) is 23.9 Å². The maximum atomic E-state index is 12.8. The number of amides is 1. The Morgan fingerprint density at radius 2 is 2.26 bits per heavy atom. The van der Waals surface area contributed by atoms with Crippen LogP contribution in [0.25, 0.3) is 6.08 Å². The van der Waals surface area contributed by atoms with Gasteiger partial charge in [0, 0.05) is 13.1 Å². The fraction of sp³-hybridized carbons (Fsp3) is 0.308. The molecule has 1 amide bonds. The van der Waals surface area contributed by atoms with Crippen LogP contribution in [0.1, 0.15) is 29.3 Å². The Balaban J connectivity index is 2.49. The molecule has 1 aliphatic heterocycles. The first-order valence-corrected chi connectivity index (χ1v) is 12.9. The zero-order chi connectivity index (χ0) is 13.8. The molecule has 2 nitrogen and oxygen atoms in total. The number of hydrogen-bond donors (Lipinski definition) is 0. The van der Waals surface area contributed by atoms with Crippen LogP contribution >= 0.6 is 33.1 Å². The van der Waals surface area contributed by atoms with Gasteiger partial charge in [0.15, 0.2) is 0 Å². The smallest absolute Gasteiger partial charge is 0.255 e. The van der Waals surface area contributed by atoms with Crippen molar-refractivity contribution < 1.29 is 4.79 Å². The van der Waals surface area contributed by atoms with E-state index in [9.17, 15) is 4.79 Å². The van der Waals surface area contributed by atoms with Crippen LogP contribution in [0.5, 0.6) is 0 Å². The Morgan fingerprint density at radius 3 is 2.95 bits per heavy atom. The average molecular weight is 329 g/mol. The highest BCUT2D eigenvalue weighted by atomic mass is 32.6. The molecular weight excluding hydrogens is 310 g/mol. The number of fused-ring (bicyclic) bond motifs is 1. The summed E-state index contributed by atoms with van der Waals surface area (Å²) in [5.74, 6) is 0.190. The molecule has 2 rings (SSSR count). The minimum absolute atomic E-state index is 0.190. The number of rotatable bonds is 4. The van der Waals surface area contributed by atoms with E-state index in [0.717, 1.165) is 38.6 Å². The predicted octanol–water partition coefficient (Wildman–Crippen LogP) is 3.85. The van der Waals surface area contributed by atoms with Crippen molar-refractivity contribution in [2.24, 2.45) is 0 Å². The molecule has 4 unspecified atom stereocenters. The summed E-state index contributed by atoms with van der Waals surface area (Å²) in [7, 11) is 6.15. The number of benzene rings is 1. The molecule has 1 heterocycles. The summed E-state index contributed by atoms with van der Waals surface area (Å²) in [4.78, 5) is 14.7. The highest BCUT2D eigenvalue weighted by molar-refractivity contribution is 8.63. The third kappa shape index (κ3) is 3.43. The fourth-order valence-corrected chi connectivity index (χ4v) is 5.94. The molecule has 4 atom stereocenters. The lowest BCUT2D eigenvalue weighted by atomic mass is 10.1. The molecule has 0 aromatic heterocycles. The Kier molecular flexibility index (Phi) is 5.92. The van der Waals surface area contributed by atoms with Gasteiger partial charge in [0.2, 0.25) is 0 Å². The van der Waals surface area contributed by atoms with E-state index in [4.69, 9.17) is 0 Å². The second kappa shape index (κ2) is 7.24. The van der Waals surface area contributed by atoms with Crippen LogP contribution in [0, 0.1) is 0 Å². The van der Waals surface area contributed by atoms with E-state index in [0.29, 0.717) is 0 Å². The molecule has 0 N–H and O–H groups in total. The summed E-state index contributed by atoms with van der Waals surface area (Å²) in [6.07, 6.45) is 5.18. The zero-order valence-electron chi connectivity index (χ0n) is 11.0. The van der Waals surface area contributed by atoms with Gasteiger partial charge in [0.05, 0.1) is 5.56 Å². The van der Waals surface area contributed by atoms with Crippen LogP contribution < -0.4 is 5.30 Å². The normalized spacial score (nSPS) is 16.8. The molecule has 1 aromatic carbocycles. The number of carbonyl (C=O) groups excluding carboxylic acids is 1. The van der Waals surface area contributed by atoms with E-state index in [1.165, 1.54) is 5.30 Å². The van der Waals surface area contributed by atoms with E-state index in [-0.39, 0.29) is 13.2 Å². The minimum atomic E-state index is -0.329. The van der Waals surface area contributed by atoms with Crippen LogP contribution in [0.2, 0.25) is 0 Å². The third-order valence-electron chi connectivity index (χ3n) is 3.09. The fourth-order valence-electron chi connectivity index (χ4n) is 2.21. The molecule has 0 radical (unpaired) electrons. The second-order valence-corrected chi connectivity index (χ2v) is 13.5. The largest absolute Gasteiger partial charge is 0.335 e. The van der Waals surface area contributed by atoms with Gasteiger partial charge in [0.1, 0.15) is 0 Å². The molecular formula is C13H19NOP4. The summed E-state index contributed by atoms with van der Waals surface area (Å²) in [6.45, 7) is 3.66. The van der Waals surface area contributed by atoms with Crippen LogP contribution in [0.15, 0.2) is 24.3 Å². The van der Waals surface area contributed by atoms with Crippen LogP contribution in [0.3, 0.4) is 0 Å². The SMILES string of the molecule is CCCN1CC=Cc2cccc(P(P)PP)c2C1=O. The lowest BCUT2D eigenvalue weighted by molar-refractivity contribution is 0.0777. The first kappa shape index (κ1) is 15.5. The molecule has 0 aliphatic carbocycles. The van der Waals surface area contributed by atoms with Gasteiger partial charge in [-0.2, -0.15) is 0 Å². The quantitative estimate of drug-likeness (QED) is 0.769. The van der Waals surface area contributed by atoms with Crippen molar-refractivity contribution in [2.45, 2.75) is 13.3 Å². The van der Waals surface area contributed by atoms with E-state index in [1.54, 1.807) is 0 Å². The molecule has 0 saturated heterocycles. The van der Waals surface area contributed by atoms with Crippen molar-refractivity contribution in [1.82, 2.24) is 4.90 Å². The summed E-state index contributed by atoms with van der Waals surface area (Å²) < 4.78 is 0. The van der Waals surface area contributed by atoms with Crippen molar-refractivity contribution in [1.29, 1.82) is 0 Å². The van der Waals surface area contributed by atoms with Gasteiger partial charge in [-0.3, -0.25) is 4.79 Å². The summed E-state index contributed by atoms with van der Waals surface area (Å²) in [5.41, 5.74) is 1.99. The lowest BCUT2D eigenvalue weighted by Crippen LogP contribution is -2.33. The van der Waals surface area contributed by atoms with E-state index >= 15 is 0 Å². The molecule has 0 spiro atoms. The van der Waals surface area contributed by atoms with Crippen LogP contribution in [0.4, 0.5) is 0 Å². The molecule has 19 heavy (non-hydrogen) atoms. The minimum Gasteiger partial charge on any atom is -0.335 e. The van der Waals surface area contributed by atoms with Gasteiger partial charge in [-0.05, 0) is 24.6 Å². The van der Waals surface area contributed by atoms with Gasteiger partial charge in [-0.15, -0.1) is 17.9 Å². The highest BCUT2D eigenvalue weighted by Crippen LogP contribution is 2.65. The topological polar surface area (TPSA) is 20.3 Å². The van der Waals surface area contributed by atoms with Gasteiger partial charge in [-0.25, -0.2) is 0 Å². The highest BCUT2D eigenvalue weighted by Gasteiger charge is 2.24. The second-order valence-electron chi connectivity index (χ2n) is 4.39. The lowest BCUT2D eigenvalue weighted by Gasteiger charge is -2.22. The molecule has 1 aliphatic rings. The summed E-state index contributed by atoms with van der Waals surface area (Å²) >= 11 is 0. The standard InChI is InChI=1S/C13H19NOP4/c1-2-8-14-9-4-6-10-5-3-7-11(19(17)18-16)12(10)13(14)15/h3-7,18H,2,8-9,16-17H2,1H3. The molecule has 6 heteroatoms. The van der Waals surface area contributed by atoms with Gasteiger partial charge < -0.3 is 4.90 Å². The zero-order valence-corrected chi connectivity index (χ0v) is 15.2. The number of carbonyl (C=O) groups is 1. The Hall–Kier alpha value is 0.150. The van der Waals surface area contributed by atoms with Crippen molar-refractivity contribution in [3.63, 3.8) is 0 Å². The Morgan fingerprint density at radius 1 is 1.47 bits per heavy atom. The molecule has 0 bridgehead atoms. The Labute approximate surface area is 122 Å². The summed E-state index contributed by atoms with van der Waals surface area (Å²) in [6, 6.07) is 6.21. The van der Waals surface area contributed by atoms with Crippen molar-refractivity contribution in [3.8, 4) is 0 Å². The Bertz CT molecular complexity index is 503. The molecule has 1 aromatic rings. The maximum Gasteiger partial charge on any atom is 0.255 e. The summed E-state index contributed by atoms with van der Waals surface area (Å²) in [5, 5.41) is 1.21. The predicted molar refractivity (Wildman–Crippen MR) is 96.0 cm³/mol. The van der Waals surface area contributed by atoms with Gasteiger partial charge in [-0.1, -0.05) is 45.2 Å². The number of nitrogens with zero attached hydrogens (tertiary/aromatic N) is 1. The number of hydrogen-bond acceptors (Lipinski definition) is 1. The molecule has 0 saturated carbocycles. The monoisotopic (exact) mass is 329 g/mol. The van der Waals surface area contributed by atoms with Crippen LogP contribution in [-0.2, 0) is 0 Å². The van der Waals surface area contributed by atoms with Crippen molar-refractivity contribution in [2.75, 3.05) is 13.1 Å². The van der Waals surface area contributed by atoms with Crippen molar-refractivity contribution >= 4 is 50.4 Å². The van der Waals surface area contributed by atoms with Gasteiger partial charge in [0.25, 0.3) is 5.91 Å². The molecule has 0 fully saturated rings. The first-order chi connectivity index (χ1) is 9.19. The third-order valence-corrected chi connectivity index (χ3v) is 13.2. The van der Waals surface area contributed by atoms with E-state index in [1.807, 2.05) is 11.0 Å². The van der Waals surface area contributed by atoms with Crippen molar-refractivity contribution in [3.05, 3.63) is 35.4 Å². The van der Waals surface area contributed by atoms with Gasteiger partial charge >= 0.3 is 0 Å². The van der Waals surface area contributed by atoms with E-state index < -0.39 is 0 Å². The maximum absolute atomic E-state index is 12.8. The van der Waals surface area contributed by atoms with E-state index in [2.05, 4.69) is 49.1 Å². The first-order valence-electron chi connectivity index (χ1n) is 6.29. The average Bonchev–Trinajstić information content (AvgIpc) is 2.59. The molecule has 102 valence electrons.